The first kappa shape index (κ1) is 23.1. The molecule has 1 N–H and O–H groups in total. The quantitative estimate of drug-likeness (QED) is 0.335. The van der Waals surface area contributed by atoms with Gasteiger partial charge in [-0.1, -0.05) is 0 Å². The molecule has 0 aliphatic carbocycles. The van der Waals surface area contributed by atoms with Gasteiger partial charge >= 0.3 is 12.0 Å². The number of nitrogens with one attached hydrogen (secondary N) is 1. The summed E-state index contributed by atoms with van der Waals surface area (Å²) in [5.41, 5.74) is 4.21. The first-order valence-electron chi connectivity index (χ1n) is 10.4. The van der Waals surface area contributed by atoms with Crippen molar-refractivity contribution in [3.8, 4) is 11.1 Å². The summed E-state index contributed by atoms with van der Waals surface area (Å²) in [4.78, 5) is 39.0. The number of aromatic nitrogens is 1. The molecule has 1 aliphatic rings. The number of nitrogens with zero attached hydrogens (tertiary/aromatic N) is 3. The van der Waals surface area contributed by atoms with Crippen molar-refractivity contribution in [1.29, 1.82) is 5.26 Å². The van der Waals surface area contributed by atoms with Crippen LogP contribution in [0.2, 0.25) is 0 Å². The van der Waals surface area contributed by atoms with E-state index in [9.17, 15) is 19.6 Å². The molecule has 1 saturated heterocycles. The van der Waals surface area contributed by atoms with E-state index in [0.29, 0.717) is 5.56 Å². The normalized spacial score (nSPS) is 14.6. The highest BCUT2D eigenvalue weighted by Gasteiger charge is 2.34. The van der Waals surface area contributed by atoms with E-state index in [1.807, 2.05) is 38.3 Å². The van der Waals surface area contributed by atoms with Crippen molar-refractivity contribution >= 4 is 35.3 Å². The largest absolute Gasteiger partial charge is 0.463 e. The maximum Gasteiger partial charge on any atom is 0.373 e. The molecule has 3 aromatic rings. The average Bonchev–Trinajstić information content (AvgIpc) is 3.52. The number of esters is 1. The summed E-state index contributed by atoms with van der Waals surface area (Å²) in [6, 6.07) is 6.55. The highest BCUT2D eigenvalue weighted by atomic mass is 32.1. The number of carbonyl (C=O) groups is 3. The topological polar surface area (TPSA) is 118 Å². The van der Waals surface area contributed by atoms with Crippen LogP contribution in [-0.2, 0) is 16.1 Å². The lowest BCUT2D eigenvalue weighted by Gasteiger charge is -2.09. The molecule has 0 aromatic carbocycles. The molecule has 0 spiro atoms. The van der Waals surface area contributed by atoms with Gasteiger partial charge in [0, 0.05) is 16.3 Å². The van der Waals surface area contributed by atoms with Crippen molar-refractivity contribution in [1.82, 2.24) is 14.8 Å². The van der Waals surface area contributed by atoms with E-state index < -0.39 is 17.9 Å². The fraction of sp³-hybridized carbons (Fsp3) is 0.250. The second-order valence-corrected chi connectivity index (χ2v) is 9.08. The Kier molecular flexibility index (Phi) is 5.89. The standard InChI is InChI=1S/C24H22N4O5S/c1-12-8-16(14(3)28(12)22-18(10-25)13(2)15(4)34-22)9-19-21(29)27(24(31)26-19)11-17-6-7-20(33-17)23(30)32-5/h6-9H,11H2,1-5H3,(H,26,31)/b19-9-. The summed E-state index contributed by atoms with van der Waals surface area (Å²) in [5, 5.41) is 13.1. The van der Waals surface area contributed by atoms with Crippen LogP contribution < -0.4 is 5.32 Å². The average molecular weight is 479 g/mol. The summed E-state index contributed by atoms with van der Waals surface area (Å²) >= 11 is 1.54. The third-order valence-corrected chi connectivity index (χ3v) is 6.97. The second-order valence-electron chi connectivity index (χ2n) is 7.87. The molecule has 3 aromatic heterocycles. The number of imide groups is 1. The smallest absolute Gasteiger partial charge is 0.373 e. The van der Waals surface area contributed by atoms with E-state index in [0.717, 1.165) is 37.3 Å². The number of ether oxygens (including phenoxy) is 1. The van der Waals surface area contributed by atoms with E-state index in [4.69, 9.17) is 4.42 Å². The van der Waals surface area contributed by atoms with Crippen LogP contribution >= 0.6 is 11.3 Å². The van der Waals surface area contributed by atoms with Crippen LogP contribution in [0, 0.1) is 39.0 Å². The fourth-order valence-electron chi connectivity index (χ4n) is 3.84. The Bertz CT molecular complexity index is 1420. The third kappa shape index (κ3) is 3.80. The van der Waals surface area contributed by atoms with E-state index in [1.54, 1.807) is 17.4 Å². The van der Waals surface area contributed by atoms with Gasteiger partial charge < -0.3 is 19.0 Å². The number of methoxy groups -OCH3 is 1. The lowest BCUT2D eigenvalue weighted by molar-refractivity contribution is -0.123. The molecule has 1 aliphatic heterocycles. The van der Waals surface area contributed by atoms with Gasteiger partial charge in [0.25, 0.3) is 5.91 Å². The number of amides is 3. The number of nitriles is 1. The van der Waals surface area contributed by atoms with E-state index >= 15 is 0 Å². The Labute approximate surface area is 199 Å². The van der Waals surface area contributed by atoms with Gasteiger partial charge in [-0.2, -0.15) is 5.26 Å². The molecule has 4 rings (SSSR count). The van der Waals surface area contributed by atoms with Crippen molar-refractivity contribution < 1.29 is 23.5 Å². The van der Waals surface area contributed by atoms with Crippen molar-refractivity contribution in [3.05, 3.63) is 68.4 Å². The minimum Gasteiger partial charge on any atom is -0.463 e. The summed E-state index contributed by atoms with van der Waals surface area (Å²) in [7, 11) is 1.23. The molecule has 9 nitrogen and oxygen atoms in total. The van der Waals surface area contributed by atoms with Crippen LogP contribution in [0.5, 0.6) is 0 Å². The SMILES string of the molecule is COC(=O)c1ccc(CN2C(=O)N/C(=C\c3cc(C)n(-c4sc(C)c(C)c4C#N)c3C)C2=O)o1. The van der Waals surface area contributed by atoms with Gasteiger partial charge in [-0.15, -0.1) is 11.3 Å². The van der Waals surface area contributed by atoms with Crippen LogP contribution in [0.1, 0.15) is 49.3 Å². The van der Waals surface area contributed by atoms with Crippen LogP contribution in [0.15, 0.2) is 28.3 Å². The van der Waals surface area contributed by atoms with Crippen molar-refractivity contribution in [2.75, 3.05) is 7.11 Å². The first-order valence-corrected chi connectivity index (χ1v) is 11.2. The third-order valence-electron chi connectivity index (χ3n) is 5.78. The Morgan fingerprint density at radius 1 is 1.26 bits per heavy atom. The fourth-order valence-corrected chi connectivity index (χ4v) is 5.06. The predicted molar refractivity (Wildman–Crippen MR) is 124 cm³/mol. The predicted octanol–water partition coefficient (Wildman–Crippen LogP) is 4.12. The molecular weight excluding hydrogens is 456 g/mol. The minimum atomic E-state index is -0.643. The van der Waals surface area contributed by atoms with Gasteiger partial charge in [0.2, 0.25) is 5.76 Å². The monoisotopic (exact) mass is 478 g/mol. The lowest BCUT2D eigenvalue weighted by Crippen LogP contribution is -2.30. The Balaban J connectivity index is 1.63. The summed E-state index contributed by atoms with van der Waals surface area (Å²) in [6.07, 6.45) is 1.63. The van der Waals surface area contributed by atoms with Crippen molar-refractivity contribution in [2.45, 2.75) is 34.2 Å². The molecule has 0 atom stereocenters. The van der Waals surface area contributed by atoms with E-state index in [1.165, 1.54) is 19.2 Å². The van der Waals surface area contributed by atoms with Crippen LogP contribution in [0.3, 0.4) is 0 Å². The second kappa shape index (κ2) is 8.68. The van der Waals surface area contributed by atoms with Gasteiger partial charge in [0.1, 0.15) is 22.5 Å². The maximum absolute atomic E-state index is 12.9. The van der Waals surface area contributed by atoms with Crippen molar-refractivity contribution in [3.63, 3.8) is 0 Å². The molecule has 0 bridgehead atoms. The maximum atomic E-state index is 12.9. The Morgan fingerprint density at radius 2 is 2.00 bits per heavy atom. The number of rotatable bonds is 5. The van der Waals surface area contributed by atoms with Gasteiger partial charge in [-0.05, 0) is 63.1 Å². The number of aryl methyl sites for hydroxylation is 2. The molecule has 0 radical (unpaired) electrons. The number of carbonyl (C=O) groups excluding carboxylic acids is 3. The van der Waals surface area contributed by atoms with Gasteiger partial charge in [0.05, 0.1) is 19.2 Å². The summed E-state index contributed by atoms with van der Waals surface area (Å²) in [5.74, 6) is -0.888. The van der Waals surface area contributed by atoms with E-state index in [-0.39, 0.29) is 23.8 Å². The molecule has 0 unspecified atom stereocenters. The molecule has 174 valence electrons. The highest BCUT2D eigenvalue weighted by molar-refractivity contribution is 7.14. The van der Waals surface area contributed by atoms with Gasteiger partial charge in [-0.25, -0.2) is 9.59 Å². The molecule has 1 fully saturated rings. The zero-order valence-electron chi connectivity index (χ0n) is 19.3. The zero-order chi connectivity index (χ0) is 24.7. The zero-order valence-corrected chi connectivity index (χ0v) is 20.1. The summed E-state index contributed by atoms with van der Waals surface area (Å²) < 4.78 is 12.0. The number of hydrogen-bond donors (Lipinski definition) is 1. The number of hydrogen-bond acceptors (Lipinski definition) is 7. The van der Waals surface area contributed by atoms with Crippen LogP contribution in [0.4, 0.5) is 4.79 Å². The van der Waals surface area contributed by atoms with Gasteiger partial charge in [0.15, 0.2) is 0 Å². The summed E-state index contributed by atoms with van der Waals surface area (Å²) in [6.45, 7) is 7.62. The minimum absolute atomic E-state index is 0.0106. The Hall–Kier alpha value is -4.10. The van der Waals surface area contributed by atoms with Crippen molar-refractivity contribution in [2.24, 2.45) is 0 Å². The van der Waals surface area contributed by atoms with Crippen LogP contribution in [0.25, 0.3) is 11.1 Å². The molecule has 4 heterocycles. The van der Waals surface area contributed by atoms with E-state index in [2.05, 4.69) is 16.1 Å². The molecule has 0 saturated carbocycles. The van der Waals surface area contributed by atoms with Gasteiger partial charge in [-0.3, -0.25) is 9.69 Å². The Morgan fingerprint density at radius 3 is 2.68 bits per heavy atom. The molecular formula is C24H22N4O5S. The van der Waals surface area contributed by atoms with Crippen LogP contribution in [-0.4, -0.2) is 34.5 Å². The first-order chi connectivity index (χ1) is 16.2. The molecule has 34 heavy (non-hydrogen) atoms. The number of urea groups is 1. The number of thiophene rings is 1. The molecule has 3 amide bonds. The lowest BCUT2D eigenvalue weighted by atomic mass is 10.2. The number of furan rings is 1. The highest BCUT2D eigenvalue weighted by Crippen LogP contribution is 2.34. The molecule has 10 heteroatoms.